The van der Waals surface area contributed by atoms with Crippen LogP contribution in [0.3, 0.4) is 0 Å². The van der Waals surface area contributed by atoms with Gasteiger partial charge >= 0.3 is 0 Å². The lowest BCUT2D eigenvalue weighted by Gasteiger charge is -2.30. The van der Waals surface area contributed by atoms with E-state index in [9.17, 15) is 8.42 Å². The molecule has 1 fully saturated rings. The van der Waals surface area contributed by atoms with Crippen molar-refractivity contribution in [1.82, 2.24) is 9.03 Å². The number of nitrogens with one attached hydrogen (secondary N) is 1. The summed E-state index contributed by atoms with van der Waals surface area (Å²) >= 11 is 0. The second-order valence-electron chi connectivity index (χ2n) is 5.91. The van der Waals surface area contributed by atoms with Gasteiger partial charge in [0.15, 0.2) is 11.5 Å². The Kier molecular flexibility index (Phi) is 4.56. The molecule has 1 aromatic rings. The van der Waals surface area contributed by atoms with Crippen molar-refractivity contribution in [3.05, 3.63) is 23.8 Å². The molecule has 0 bridgehead atoms. The molecule has 22 heavy (non-hydrogen) atoms. The van der Waals surface area contributed by atoms with E-state index >= 15 is 0 Å². The normalized spacial score (nSPS) is 22.5. The van der Waals surface area contributed by atoms with Crippen LogP contribution in [0.4, 0.5) is 0 Å². The summed E-state index contributed by atoms with van der Waals surface area (Å²) in [5.74, 6) is 1.80. The van der Waals surface area contributed by atoms with Crippen molar-refractivity contribution in [1.29, 1.82) is 0 Å². The minimum absolute atomic E-state index is 0.254. The average molecular weight is 326 g/mol. The van der Waals surface area contributed by atoms with E-state index in [1.54, 1.807) is 4.31 Å². The number of fused-ring (bicyclic) bond motifs is 1. The van der Waals surface area contributed by atoms with Crippen molar-refractivity contribution >= 4 is 10.2 Å². The van der Waals surface area contributed by atoms with Crippen molar-refractivity contribution in [2.75, 3.05) is 26.3 Å². The Morgan fingerprint density at radius 3 is 2.82 bits per heavy atom. The minimum atomic E-state index is -3.42. The van der Waals surface area contributed by atoms with Gasteiger partial charge in [-0.15, -0.1) is 0 Å². The van der Waals surface area contributed by atoms with Crippen molar-refractivity contribution in [3.63, 3.8) is 0 Å². The van der Waals surface area contributed by atoms with Gasteiger partial charge in [-0.1, -0.05) is 13.0 Å². The molecule has 7 heteroatoms. The van der Waals surface area contributed by atoms with Crippen LogP contribution in [-0.4, -0.2) is 39.0 Å². The molecule has 2 aliphatic heterocycles. The van der Waals surface area contributed by atoms with Gasteiger partial charge in [0.1, 0.15) is 13.2 Å². The Bertz CT molecular complexity index is 632. The fourth-order valence-corrected chi connectivity index (χ4v) is 4.18. The van der Waals surface area contributed by atoms with E-state index in [1.807, 2.05) is 18.2 Å². The SMILES string of the molecule is CC1CCCN(S(=O)(=O)NCc2ccc3c(c2)OCCO3)C1. The molecular weight excluding hydrogens is 304 g/mol. The fourth-order valence-electron chi connectivity index (χ4n) is 2.83. The van der Waals surface area contributed by atoms with Crippen LogP contribution in [-0.2, 0) is 16.8 Å². The highest BCUT2D eigenvalue weighted by Gasteiger charge is 2.26. The molecule has 6 nitrogen and oxygen atoms in total. The maximum Gasteiger partial charge on any atom is 0.279 e. The number of ether oxygens (including phenoxy) is 2. The largest absolute Gasteiger partial charge is 0.486 e. The van der Waals surface area contributed by atoms with Crippen LogP contribution in [0, 0.1) is 5.92 Å². The predicted octanol–water partition coefficient (Wildman–Crippen LogP) is 1.52. The summed E-state index contributed by atoms with van der Waals surface area (Å²) in [5.41, 5.74) is 0.859. The molecule has 0 spiro atoms. The molecule has 1 atom stereocenters. The molecular formula is C15H22N2O4S. The van der Waals surface area contributed by atoms with Gasteiger partial charge in [0, 0.05) is 19.6 Å². The molecule has 3 rings (SSSR count). The number of piperidine rings is 1. The molecule has 1 saturated heterocycles. The van der Waals surface area contributed by atoms with E-state index in [2.05, 4.69) is 11.6 Å². The van der Waals surface area contributed by atoms with Gasteiger partial charge in [-0.2, -0.15) is 17.4 Å². The van der Waals surface area contributed by atoms with Gasteiger partial charge in [0.25, 0.3) is 10.2 Å². The van der Waals surface area contributed by atoms with E-state index in [1.165, 1.54) is 0 Å². The van der Waals surface area contributed by atoms with Gasteiger partial charge in [-0.05, 0) is 36.5 Å². The molecule has 1 unspecified atom stereocenters. The maximum absolute atomic E-state index is 12.4. The van der Waals surface area contributed by atoms with Crippen molar-refractivity contribution in [3.8, 4) is 11.5 Å². The highest BCUT2D eigenvalue weighted by molar-refractivity contribution is 7.87. The molecule has 0 saturated carbocycles. The number of nitrogens with zero attached hydrogens (tertiary/aromatic N) is 1. The first kappa shape index (κ1) is 15.6. The van der Waals surface area contributed by atoms with Gasteiger partial charge in [0.05, 0.1) is 0 Å². The highest BCUT2D eigenvalue weighted by Crippen LogP contribution is 2.30. The monoisotopic (exact) mass is 326 g/mol. The Morgan fingerprint density at radius 2 is 2.05 bits per heavy atom. The van der Waals surface area contributed by atoms with E-state index in [0.29, 0.717) is 43.7 Å². The van der Waals surface area contributed by atoms with Crippen LogP contribution in [0.15, 0.2) is 18.2 Å². The third-order valence-electron chi connectivity index (χ3n) is 4.02. The van der Waals surface area contributed by atoms with E-state index in [0.717, 1.165) is 18.4 Å². The van der Waals surface area contributed by atoms with Crippen molar-refractivity contribution in [2.24, 2.45) is 5.92 Å². The van der Waals surface area contributed by atoms with Gasteiger partial charge in [-0.3, -0.25) is 0 Å². The van der Waals surface area contributed by atoms with Crippen LogP contribution < -0.4 is 14.2 Å². The summed E-state index contributed by atoms with van der Waals surface area (Å²) in [6, 6.07) is 5.51. The van der Waals surface area contributed by atoms with Gasteiger partial charge in [-0.25, -0.2) is 0 Å². The van der Waals surface area contributed by atoms with Crippen LogP contribution in [0.1, 0.15) is 25.3 Å². The summed E-state index contributed by atoms with van der Waals surface area (Å²) in [6.45, 7) is 4.60. The Morgan fingerprint density at radius 1 is 1.27 bits per heavy atom. The van der Waals surface area contributed by atoms with Crippen molar-refractivity contribution < 1.29 is 17.9 Å². The zero-order valence-electron chi connectivity index (χ0n) is 12.7. The lowest BCUT2D eigenvalue weighted by Crippen LogP contribution is -2.45. The van der Waals surface area contributed by atoms with Crippen LogP contribution >= 0.6 is 0 Å². The Balaban J connectivity index is 1.64. The second-order valence-corrected chi connectivity index (χ2v) is 7.66. The molecule has 0 radical (unpaired) electrons. The number of hydrogen-bond donors (Lipinski definition) is 1. The summed E-state index contributed by atoms with van der Waals surface area (Å²) in [5, 5.41) is 0. The quantitative estimate of drug-likeness (QED) is 0.911. The lowest BCUT2D eigenvalue weighted by atomic mass is 10.0. The van der Waals surface area contributed by atoms with E-state index < -0.39 is 10.2 Å². The standard InChI is InChI=1S/C15H22N2O4S/c1-12-3-2-6-17(11-12)22(18,19)16-10-13-4-5-14-15(9-13)21-8-7-20-14/h4-5,9,12,16H,2-3,6-8,10-11H2,1H3. The number of hydrogen-bond acceptors (Lipinski definition) is 4. The van der Waals surface area contributed by atoms with Crippen LogP contribution in [0.2, 0.25) is 0 Å². The third kappa shape index (κ3) is 3.53. The summed E-state index contributed by atoms with van der Waals surface area (Å²) in [4.78, 5) is 0. The van der Waals surface area contributed by atoms with Gasteiger partial charge < -0.3 is 9.47 Å². The summed E-state index contributed by atoms with van der Waals surface area (Å²) in [7, 11) is -3.42. The smallest absolute Gasteiger partial charge is 0.279 e. The number of rotatable bonds is 4. The predicted molar refractivity (Wildman–Crippen MR) is 83.2 cm³/mol. The highest BCUT2D eigenvalue weighted by atomic mass is 32.2. The summed E-state index contributed by atoms with van der Waals surface area (Å²) < 4.78 is 39.9. The Labute approximate surface area is 131 Å². The summed E-state index contributed by atoms with van der Waals surface area (Å²) in [6.07, 6.45) is 2.01. The van der Waals surface area contributed by atoms with Crippen LogP contribution in [0.5, 0.6) is 11.5 Å². The van der Waals surface area contributed by atoms with Crippen LogP contribution in [0.25, 0.3) is 0 Å². The zero-order valence-corrected chi connectivity index (χ0v) is 13.6. The van der Waals surface area contributed by atoms with E-state index in [-0.39, 0.29) is 6.54 Å². The molecule has 1 N–H and O–H groups in total. The second kappa shape index (κ2) is 6.44. The molecule has 1 aromatic carbocycles. The van der Waals surface area contributed by atoms with Gasteiger partial charge in [0.2, 0.25) is 0 Å². The molecule has 0 amide bonds. The molecule has 0 aromatic heterocycles. The van der Waals surface area contributed by atoms with E-state index in [4.69, 9.17) is 9.47 Å². The van der Waals surface area contributed by atoms with Crippen molar-refractivity contribution in [2.45, 2.75) is 26.3 Å². The third-order valence-corrected chi connectivity index (χ3v) is 5.55. The molecule has 0 aliphatic carbocycles. The average Bonchev–Trinajstić information content (AvgIpc) is 2.53. The minimum Gasteiger partial charge on any atom is -0.486 e. The lowest BCUT2D eigenvalue weighted by molar-refractivity contribution is 0.171. The molecule has 122 valence electrons. The Hall–Kier alpha value is -1.31. The first-order valence-electron chi connectivity index (χ1n) is 7.68. The zero-order chi connectivity index (χ0) is 15.6. The topological polar surface area (TPSA) is 67.9 Å². The molecule has 2 aliphatic rings. The fraction of sp³-hybridized carbons (Fsp3) is 0.600. The number of benzene rings is 1. The first-order chi connectivity index (χ1) is 10.5. The first-order valence-corrected chi connectivity index (χ1v) is 9.12. The maximum atomic E-state index is 12.4. The molecule has 2 heterocycles.